The molecule has 106 valence electrons. The summed E-state index contributed by atoms with van der Waals surface area (Å²) < 4.78 is 26.3. The summed E-state index contributed by atoms with van der Waals surface area (Å²) in [5.74, 6) is 0. The Balaban J connectivity index is 0. The van der Waals surface area contributed by atoms with E-state index in [1.165, 1.54) is 0 Å². The number of hydrogen-bond donors (Lipinski definition) is 0. The van der Waals surface area contributed by atoms with Crippen molar-refractivity contribution >= 4 is 8.80 Å². The first-order valence-corrected chi connectivity index (χ1v) is 7.04. The Morgan fingerprint density at radius 2 is 1.65 bits per heavy atom. The summed E-state index contributed by atoms with van der Waals surface area (Å²) in [5, 5.41) is 0. The highest BCUT2D eigenvalue weighted by Gasteiger charge is 2.36. The maximum absolute atomic E-state index is 5.42. The van der Waals surface area contributed by atoms with E-state index >= 15 is 0 Å². The highest BCUT2D eigenvalue weighted by atomic mass is 28.4. The smallest absolute Gasteiger partial charge is 0.379 e. The Morgan fingerprint density at radius 3 is 2.06 bits per heavy atom. The molecule has 0 aliphatic carbocycles. The monoisotopic (exact) mass is 268 g/mol. The van der Waals surface area contributed by atoms with Crippen molar-refractivity contribution in [3.8, 4) is 0 Å². The molecule has 0 aromatic rings. The molecule has 0 aromatic heterocycles. The van der Waals surface area contributed by atoms with Gasteiger partial charge in [-0.2, -0.15) is 0 Å². The van der Waals surface area contributed by atoms with Gasteiger partial charge < -0.3 is 22.8 Å². The zero-order valence-electron chi connectivity index (χ0n) is 9.65. The van der Waals surface area contributed by atoms with Crippen molar-refractivity contribution in [2.75, 3.05) is 41.2 Å². The largest absolute Gasteiger partial charge is 0.500 e. The van der Waals surface area contributed by atoms with Gasteiger partial charge in [0.1, 0.15) is 6.10 Å². The molecular weight excluding hydrogens is 240 g/mol. The zero-order valence-corrected chi connectivity index (χ0v) is 10.7. The molecule has 1 rings (SSSR count). The first-order chi connectivity index (χ1) is 7.26. The SMILES string of the molecule is C.C.CO[Si](CCCOCC1CO1)(OC)OC. The van der Waals surface area contributed by atoms with Crippen LogP contribution in [0.4, 0.5) is 0 Å². The molecule has 1 heterocycles. The standard InChI is InChI=1S/C9H20O5Si.2CH4/c1-10-15(11-2,12-3)6-4-5-13-7-9-8-14-9;;/h9H,4-8H2,1-3H3;2*1H4. The van der Waals surface area contributed by atoms with Crippen LogP contribution in [0, 0.1) is 0 Å². The summed E-state index contributed by atoms with van der Waals surface area (Å²) in [6.07, 6.45) is 1.22. The summed E-state index contributed by atoms with van der Waals surface area (Å²) in [4.78, 5) is 0. The average molecular weight is 268 g/mol. The fraction of sp³-hybridized carbons (Fsp3) is 1.00. The maximum atomic E-state index is 5.42. The van der Waals surface area contributed by atoms with Crippen LogP contribution in [-0.2, 0) is 22.8 Å². The van der Waals surface area contributed by atoms with Gasteiger partial charge in [0.2, 0.25) is 0 Å². The molecule has 0 amide bonds. The molecule has 1 aliphatic heterocycles. The Labute approximate surface area is 107 Å². The first-order valence-electron chi connectivity index (χ1n) is 5.11. The Morgan fingerprint density at radius 1 is 1.12 bits per heavy atom. The minimum Gasteiger partial charge on any atom is -0.379 e. The van der Waals surface area contributed by atoms with Gasteiger partial charge in [-0.1, -0.05) is 14.9 Å². The second-order valence-corrected chi connectivity index (χ2v) is 6.52. The lowest BCUT2D eigenvalue weighted by atomic mass is 10.5. The molecule has 1 fully saturated rings. The van der Waals surface area contributed by atoms with Gasteiger partial charge in [0.05, 0.1) is 13.2 Å². The van der Waals surface area contributed by atoms with E-state index in [1.54, 1.807) is 21.3 Å². The van der Waals surface area contributed by atoms with Crippen LogP contribution in [-0.4, -0.2) is 56.1 Å². The van der Waals surface area contributed by atoms with Crippen LogP contribution in [0.3, 0.4) is 0 Å². The van der Waals surface area contributed by atoms with Gasteiger partial charge in [-0.25, -0.2) is 0 Å². The topological polar surface area (TPSA) is 49.5 Å². The van der Waals surface area contributed by atoms with E-state index in [-0.39, 0.29) is 14.9 Å². The Hall–Kier alpha value is 0.0169. The predicted octanol–water partition coefficient (Wildman–Crippen LogP) is 1.94. The van der Waals surface area contributed by atoms with E-state index in [1.807, 2.05) is 0 Å². The second-order valence-electron chi connectivity index (χ2n) is 3.43. The molecule has 1 unspecified atom stereocenters. The maximum Gasteiger partial charge on any atom is 0.500 e. The van der Waals surface area contributed by atoms with Gasteiger partial charge in [-0.15, -0.1) is 0 Å². The lowest BCUT2D eigenvalue weighted by Gasteiger charge is -2.24. The number of epoxide rings is 1. The molecule has 0 bridgehead atoms. The van der Waals surface area contributed by atoms with Crippen LogP contribution in [0.2, 0.25) is 6.04 Å². The molecule has 1 aliphatic rings. The third kappa shape index (κ3) is 7.12. The lowest BCUT2D eigenvalue weighted by Crippen LogP contribution is -2.42. The van der Waals surface area contributed by atoms with Crippen LogP contribution in [0.5, 0.6) is 0 Å². The molecule has 0 N–H and O–H groups in total. The van der Waals surface area contributed by atoms with Crippen molar-refractivity contribution in [2.45, 2.75) is 33.4 Å². The van der Waals surface area contributed by atoms with Gasteiger partial charge >= 0.3 is 8.80 Å². The van der Waals surface area contributed by atoms with Crippen LogP contribution in [0.1, 0.15) is 21.3 Å². The quantitative estimate of drug-likeness (QED) is 0.363. The van der Waals surface area contributed by atoms with Crippen molar-refractivity contribution in [3.05, 3.63) is 0 Å². The molecular formula is C11H28O5Si. The highest BCUT2D eigenvalue weighted by Crippen LogP contribution is 2.15. The van der Waals surface area contributed by atoms with E-state index in [4.69, 9.17) is 22.8 Å². The molecule has 0 aromatic carbocycles. The Bertz CT molecular complexity index is 163. The second kappa shape index (κ2) is 9.99. The summed E-state index contributed by atoms with van der Waals surface area (Å²) in [6.45, 7) is 2.24. The molecule has 1 saturated heterocycles. The van der Waals surface area contributed by atoms with Crippen molar-refractivity contribution in [1.82, 2.24) is 0 Å². The van der Waals surface area contributed by atoms with Gasteiger partial charge in [0.25, 0.3) is 0 Å². The Kier molecular flexibility index (Phi) is 11.4. The average Bonchev–Trinajstić information content (AvgIpc) is 3.08. The predicted molar refractivity (Wildman–Crippen MR) is 70.2 cm³/mol. The van der Waals surface area contributed by atoms with Crippen LogP contribution < -0.4 is 0 Å². The molecule has 0 spiro atoms. The summed E-state index contributed by atoms with van der Waals surface area (Å²) in [7, 11) is 2.48. The van der Waals surface area contributed by atoms with E-state index in [9.17, 15) is 0 Å². The minimum atomic E-state index is -2.39. The fourth-order valence-electron chi connectivity index (χ4n) is 1.33. The molecule has 0 saturated carbocycles. The molecule has 1 atom stereocenters. The fourth-order valence-corrected chi connectivity index (χ4v) is 3.02. The van der Waals surface area contributed by atoms with E-state index < -0.39 is 8.80 Å². The van der Waals surface area contributed by atoms with E-state index in [0.717, 1.165) is 19.1 Å². The van der Waals surface area contributed by atoms with Gasteiger partial charge in [-0.05, 0) is 6.42 Å². The van der Waals surface area contributed by atoms with Gasteiger partial charge in [0.15, 0.2) is 0 Å². The van der Waals surface area contributed by atoms with Crippen molar-refractivity contribution in [3.63, 3.8) is 0 Å². The van der Waals surface area contributed by atoms with Crippen LogP contribution in [0.25, 0.3) is 0 Å². The number of rotatable bonds is 9. The summed E-state index contributed by atoms with van der Waals surface area (Å²) >= 11 is 0. The van der Waals surface area contributed by atoms with E-state index in [2.05, 4.69) is 0 Å². The minimum absolute atomic E-state index is 0. The number of ether oxygens (including phenoxy) is 2. The summed E-state index contributed by atoms with van der Waals surface area (Å²) in [5.41, 5.74) is 0. The molecule has 0 radical (unpaired) electrons. The van der Waals surface area contributed by atoms with E-state index in [0.29, 0.717) is 19.3 Å². The number of hydrogen-bond acceptors (Lipinski definition) is 5. The van der Waals surface area contributed by atoms with Crippen LogP contribution >= 0.6 is 0 Å². The normalized spacial score (nSPS) is 18.2. The van der Waals surface area contributed by atoms with Crippen molar-refractivity contribution in [2.24, 2.45) is 0 Å². The van der Waals surface area contributed by atoms with Crippen LogP contribution in [0.15, 0.2) is 0 Å². The lowest BCUT2D eigenvalue weighted by molar-refractivity contribution is 0.100. The molecule has 17 heavy (non-hydrogen) atoms. The van der Waals surface area contributed by atoms with Gasteiger partial charge in [0, 0.05) is 34.0 Å². The van der Waals surface area contributed by atoms with Crippen molar-refractivity contribution < 1.29 is 22.8 Å². The van der Waals surface area contributed by atoms with Crippen molar-refractivity contribution in [1.29, 1.82) is 0 Å². The zero-order chi connectivity index (χ0) is 11.1. The molecule has 6 heteroatoms. The van der Waals surface area contributed by atoms with Gasteiger partial charge in [-0.3, -0.25) is 0 Å². The third-order valence-corrected chi connectivity index (χ3v) is 5.24. The third-order valence-electron chi connectivity index (χ3n) is 2.41. The highest BCUT2D eigenvalue weighted by molar-refractivity contribution is 6.60. The molecule has 5 nitrogen and oxygen atoms in total. The first kappa shape index (κ1) is 19.4. The summed E-state index contributed by atoms with van der Waals surface area (Å²) in [6, 6.07) is 0.780.